The summed E-state index contributed by atoms with van der Waals surface area (Å²) in [7, 11) is -1.20. The fourth-order valence-electron chi connectivity index (χ4n) is 2.95. The van der Waals surface area contributed by atoms with Gasteiger partial charge in [-0.1, -0.05) is 42.0 Å². The monoisotopic (exact) mass is 504 g/mol. The van der Waals surface area contributed by atoms with Gasteiger partial charge in [-0.3, -0.25) is 9.63 Å². The first kappa shape index (κ1) is 27.8. The molecule has 10 nitrogen and oxygen atoms in total. The van der Waals surface area contributed by atoms with Crippen LogP contribution in [-0.4, -0.2) is 57.1 Å². The van der Waals surface area contributed by atoms with Gasteiger partial charge in [0, 0.05) is 19.0 Å². The number of likely N-dealkylation sites (N-methyl/N-ethyl adjacent to an activating group) is 1. The molecule has 0 aromatic heterocycles. The smallest absolute Gasteiger partial charge is 0.408 e. The van der Waals surface area contributed by atoms with Crippen molar-refractivity contribution in [3.05, 3.63) is 65.2 Å². The van der Waals surface area contributed by atoms with Crippen LogP contribution < -0.4 is 11.1 Å². The second-order valence-electron chi connectivity index (χ2n) is 8.88. The van der Waals surface area contributed by atoms with E-state index in [0.717, 1.165) is 10.6 Å². The molecule has 2 rings (SSSR count). The highest BCUT2D eigenvalue weighted by Crippen LogP contribution is 2.15. The van der Waals surface area contributed by atoms with Gasteiger partial charge >= 0.3 is 6.09 Å². The molecular weight excluding hydrogens is 472 g/mol. The van der Waals surface area contributed by atoms with Gasteiger partial charge in [0.2, 0.25) is 0 Å². The number of aryl methyl sites for hydroxylation is 1. The lowest BCUT2D eigenvalue weighted by molar-refractivity contribution is -0.171. The fourth-order valence-corrected chi connectivity index (χ4v) is 3.90. The number of amides is 2. The fraction of sp³-hybridized carbons (Fsp3) is 0.375. The third kappa shape index (κ3) is 8.37. The normalized spacial score (nSPS) is 13.1. The van der Waals surface area contributed by atoms with E-state index in [9.17, 15) is 18.0 Å². The van der Waals surface area contributed by atoms with Crippen molar-refractivity contribution in [2.45, 2.75) is 50.7 Å². The molecule has 0 bridgehead atoms. The van der Waals surface area contributed by atoms with Crippen LogP contribution in [-0.2, 0) is 30.8 Å². The van der Waals surface area contributed by atoms with Gasteiger partial charge < -0.3 is 15.8 Å². The Morgan fingerprint density at radius 2 is 1.66 bits per heavy atom. The van der Waals surface area contributed by atoms with E-state index >= 15 is 0 Å². The van der Waals surface area contributed by atoms with E-state index in [1.54, 1.807) is 57.2 Å². The molecule has 0 spiro atoms. The van der Waals surface area contributed by atoms with Crippen LogP contribution in [0.1, 0.15) is 37.5 Å². The first-order valence-electron chi connectivity index (χ1n) is 10.8. The summed E-state index contributed by atoms with van der Waals surface area (Å²) >= 11 is 0. The summed E-state index contributed by atoms with van der Waals surface area (Å²) in [6.07, 6.45) is -0.611. The maximum atomic E-state index is 12.7. The van der Waals surface area contributed by atoms with E-state index in [1.165, 1.54) is 26.3 Å². The Bertz CT molecular complexity index is 1170. The van der Waals surface area contributed by atoms with Gasteiger partial charge in [0.15, 0.2) is 0 Å². The standard InChI is InChI=1S/C24H32N4O6S/c1-16-7-13-19(14-8-16)35(31,32)27-21(25)18-11-9-17(10-12-18)15-20(22(29)28(5)33-6)26-23(30)34-24(2,3)4/h7-14,20H,15H2,1-6H3,(H2,25,27)(H,26,30)/t20-/m0/s1. The molecule has 3 N–H and O–H groups in total. The zero-order valence-electron chi connectivity index (χ0n) is 20.7. The first-order valence-corrected chi connectivity index (χ1v) is 12.2. The van der Waals surface area contributed by atoms with Crippen LogP contribution in [0.2, 0.25) is 0 Å². The van der Waals surface area contributed by atoms with Gasteiger partial charge in [-0.05, 0) is 45.4 Å². The van der Waals surface area contributed by atoms with Crippen molar-refractivity contribution in [1.82, 2.24) is 10.4 Å². The van der Waals surface area contributed by atoms with Crippen molar-refractivity contribution < 1.29 is 27.6 Å². The van der Waals surface area contributed by atoms with Crippen molar-refractivity contribution in [3.8, 4) is 0 Å². The van der Waals surface area contributed by atoms with Crippen LogP contribution >= 0.6 is 0 Å². The number of carbonyl (C=O) groups excluding carboxylic acids is 2. The molecule has 0 fully saturated rings. The number of ether oxygens (including phenoxy) is 1. The number of hydrogen-bond acceptors (Lipinski definition) is 6. The Morgan fingerprint density at radius 3 is 2.17 bits per heavy atom. The molecule has 2 aromatic carbocycles. The van der Waals surface area contributed by atoms with E-state index in [1.807, 2.05) is 6.92 Å². The molecule has 190 valence electrons. The van der Waals surface area contributed by atoms with Crippen molar-refractivity contribution in [1.29, 1.82) is 0 Å². The summed E-state index contributed by atoms with van der Waals surface area (Å²) in [5.41, 5.74) is 7.21. The second-order valence-corrected chi connectivity index (χ2v) is 10.5. The molecule has 1 atom stereocenters. The van der Waals surface area contributed by atoms with Gasteiger partial charge in [-0.2, -0.15) is 8.42 Å². The second kappa shape index (κ2) is 11.3. The Balaban J connectivity index is 2.21. The van der Waals surface area contributed by atoms with Crippen LogP contribution in [0, 0.1) is 6.92 Å². The highest BCUT2D eigenvalue weighted by atomic mass is 32.2. The molecule has 2 aromatic rings. The molecule has 0 aliphatic heterocycles. The van der Waals surface area contributed by atoms with E-state index in [4.69, 9.17) is 15.3 Å². The molecule has 0 aliphatic carbocycles. The van der Waals surface area contributed by atoms with Gasteiger partial charge in [-0.25, -0.2) is 9.86 Å². The minimum atomic E-state index is -3.97. The topological polar surface area (TPSA) is 140 Å². The van der Waals surface area contributed by atoms with Crippen molar-refractivity contribution in [2.24, 2.45) is 10.1 Å². The first-order chi connectivity index (χ1) is 16.2. The summed E-state index contributed by atoms with van der Waals surface area (Å²) in [5, 5.41) is 3.58. The molecule has 2 amide bonds. The van der Waals surface area contributed by atoms with Crippen molar-refractivity contribution in [2.75, 3.05) is 14.2 Å². The van der Waals surface area contributed by atoms with Gasteiger partial charge in [-0.15, -0.1) is 4.40 Å². The molecule has 0 saturated heterocycles. The van der Waals surface area contributed by atoms with Crippen molar-refractivity contribution in [3.63, 3.8) is 0 Å². The quantitative estimate of drug-likeness (QED) is 0.320. The number of alkyl carbamates (subject to hydrolysis) is 1. The van der Waals surface area contributed by atoms with Crippen molar-refractivity contribution >= 4 is 27.9 Å². The lowest BCUT2D eigenvalue weighted by atomic mass is 10.0. The third-order valence-electron chi connectivity index (χ3n) is 4.80. The molecule has 0 unspecified atom stereocenters. The summed E-state index contributed by atoms with van der Waals surface area (Å²) in [6.45, 7) is 7.00. The Morgan fingerprint density at radius 1 is 1.09 bits per heavy atom. The zero-order valence-corrected chi connectivity index (χ0v) is 21.5. The zero-order chi connectivity index (χ0) is 26.4. The average Bonchev–Trinajstić information content (AvgIpc) is 2.76. The Labute approximate surface area is 206 Å². The maximum Gasteiger partial charge on any atom is 0.408 e. The highest BCUT2D eigenvalue weighted by Gasteiger charge is 2.27. The SMILES string of the molecule is CON(C)C(=O)[C@H](Cc1ccc(/C(N)=N/S(=O)(=O)c2ccc(C)cc2)cc1)NC(=O)OC(C)(C)C. The Hall–Kier alpha value is -3.44. The largest absolute Gasteiger partial charge is 0.444 e. The van der Waals surface area contributed by atoms with Crippen LogP contribution in [0.3, 0.4) is 0 Å². The van der Waals surface area contributed by atoms with E-state index in [-0.39, 0.29) is 17.2 Å². The van der Waals surface area contributed by atoms with Crippen LogP contribution in [0.4, 0.5) is 4.79 Å². The minimum absolute atomic E-state index is 0.0412. The lowest BCUT2D eigenvalue weighted by Crippen LogP contribution is -2.49. The molecule has 0 radical (unpaired) electrons. The predicted octanol–water partition coefficient (Wildman–Crippen LogP) is 2.54. The number of rotatable bonds is 8. The highest BCUT2D eigenvalue weighted by molar-refractivity contribution is 7.90. The minimum Gasteiger partial charge on any atom is -0.444 e. The summed E-state index contributed by atoms with van der Waals surface area (Å²) < 4.78 is 34.1. The number of benzene rings is 2. The number of nitrogens with two attached hydrogens (primary N) is 1. The molecule has 11 heteroatoms. The van der Waals surface area contributed by atoms with Crippen LogP contribution in [0.25, 0.3) is 0 Å². The number of nitrogens with one attached hydrogen (secondary N) is 1. The number of carbonyl (C=O) groups is 2. The van der Waals surface area contributed by atoms with Gasteiger partial charge in [0.25, 0.3) is 15.9 Å². The van der Waals surface area contributed by atoms with E-state index < -0.39 is 33.7 Å². The molecule has 35 heavy (non-hydrogen) atoms. The number of nitrogens with zero attached hydrogens (tertiary/aromatic N) is 2. The Kier molecular flexibility index (Phi) is 9.00. The number of sulfonamides is 1. The van der Waals surface area contributed by atoms with Gasteiger partial charge in [0.05, 0.1) is 12.0 Å². The van der Waals surface area contributed by atoms with Gasteiger partial charge in [0.1, 0.15) is 17.5 Å². The summed E-state index contributed by atoms with van der Waals surface area (Å²) in [6, 6.07) is 11.8. The molecule has 0 saturated carbocycles. The summed E-state index contributed by atoms with van der Waals surface area (Å²) in [5.74, 6) is -0.650. The maximum absolute atomic E-state index is 12.7. The third-order valence-corrected chi connectivity index (χ3v) is 6.11. The van der Waals surface area contributed by atoms with E-state index in [2.05, 4.69) is 9.71 Å². The predicted molar refractivity (Wildman–Crippen MR) is 132 cm³/mol. The number of amidine groups is 1. The van der Waals surface area contributed by atoms with E-state index in [0.29, 0.717) is 11.1 Å². The lowest BCUT2D eigenvalue weighted by Gasteiger charge is -2.25. The summed E-state index contributed by atoms with van der Waals surface area (Å²) in [4.78, 5) is 29.9. The van der Waals surface area contributed by atoms with Crippen LogP contribution in [0.15, 0.2) is 57.8 Å². The molecule has 0 aliphatic rings. The average molecular weight is 505 g/mol. The van der Waals surface area contributed by atoms with Crippen LogP contribution in [0.5, 0.6) is 0 Å². The number of hydroxylamine groups is 2. The molecular formula is C24H32N4O6S. The molecule has 0 heterocycles. The number of hydrogen-bond donors (Lipinski definition) is 2.